The lowest BCUT2D eigenvalue weighted by Crippen LogP contribution is -2.19. The first-order valence-electron chi connectivity index (χ1n) is 8.27. The predicted octanol–water partition coefficient (Wildman–Crippen LogP) is 6.17. The first kappa shape index (κ1) is 15.9. The molecular formula is C18H28BrN. The van der Waals surface area contributed by atoms with Gasteiger partial charge in [-0.05, 0) is 55.4 Å². The van der Waals surface area contributed by atoms with Gasteiger partial charge in [-0.15, -0.1) is 0 Å². The van der Waals surface area contributed by atoms with Crippen molar-refractivity contribution < 1.29 is 0 Å². The summed E-state index contributed by atoms with van der Waals surface area (Å²) in [6.07, 6.45) is 10.8. The van der Waals surface area contributed by atoms with Gasteiger partial charge in [0.1, 0.15) is 0 Å². The highest BCUT2D eigenvalue weighted by Gasteiger charge is 2.18. The second-order valence-electron chi connectivity index (χ2n) is 6.16. The van der Waals surface area contributed by atoms with Crippen LogP contribution < -0.4 is 5.32 Å². The van der Waals surface area contributed by atoms with Gasteiger partial charge in [0.2, 0.25) is 0 Å². The van der Waals surface area contributed by atoms with Crippen molar-refractivity contribution in [1.82, 2.24) is 0 Å². The van der Waals surface area contributed by atoms with Gasteiger partial charge in [-0.2, -0.15) is 0 Å². The number of aryl methyl sites for hydroxylation is 1. The molecule has 1 nitrogen and oxygen atoms in total. The summed E-state index contributed by atoms with van der Waals surface area (Å²) in [5, 5.41) is 3.81. The van der Waals surface area contributed by atoms with Crippen molar-refractivity contribution in [3.8, 4) is 0 Å². The van der Waals surface area contributed by atoms with E-state index in [9.17, 15) is 0 Å². The molecule has 0 amide bonds. The van der Waals surface area contributed by atoms with E-state index in [-0.39, 0.29) is 0 Å². The second-order valence-corrected chi connectivity index (χ2v) is 7.07. The second kappa shape index (κ2) is 8.07. The van der Waals surface area contributed by atoms with Crippen LogP contribution in [0.3, 0.4) is 0 Å². The number of benzene rings is 1. The minimum Gasteiger partial charge on any atom is -0.382 e. The minimum atomic E-state index is 0.670. The van der Waals surface area contributed by atoms with Crippen LogP contribution in [-0.4, -0.2) is 6.04 Å². The molecule has 1 aliphatic rings. The van der Waals surface area contributed by atoms with Crippen LogP contribution in [-0.2, 0) is 6.42 Å². The van der Waals surface area contributed by atoms with Crippen LogP contribution >= 0.6 is 15.9 Å². The molecule has 1 fully saturated rings. The highest BCUT2D eigenvalue weighted by molar-refractivity contribution is 9.10. The van der Waals surface area contributed by atoms with Crippen molar-refractivity contribution in [2.24, 2.45) is 5.92 Å². The van der Waals surface area contributed by atoms with Gasteiger partial charge >= 0.3 is 0 Å². The molecule has 1 aliphatic carbocycles. The number of halogens is 1. The Morgan fingerprint density at radius 2 is 2.00 bits per heavy atom. The van der Waals surface area contributed by atoms with Gasteiger partial charge in [0.25, 0.3) is 0 Å². The highest BCUT2D eigenvalue weighted by Crippen LogP contribution is 2.30. The van der Waals surface area contributed by atoms with Crippen molar-refractivity contribution >= 4 is 21.6 Å². The molecule has 20 heavy (non-hydrogen) atoms. The zero-order valence-electron chi connectivity index (χ0n) is 12.9. The molecule has 0 bridgehead atoms. The Kier molecular flexibility index (Phi) is 6.41. The predicted molar refractivity (Wildman–Crippen MR) is 92.4 cm³/mol. The fourth-order valence-corrected chi connectivity index (χ4v) is 3.84. The van der Waals surface area contributed by atoms with Gasteiger partial charge in [0.15, 0.2) is 0 Å². The van der Waals surface area contributed by atoms with E-state index in [4.69, 9.17) is 0 Å². The molecular weight excluding hydrogens is 310 g/mol. The molecule has 112 valence electrons. The molecule has 0 aromatic heterocycles. The number of nitrogens with one attached hydrogen (secondary N) is 1. The van der Waals surface area contributed by atoms with Crippen LogP contribution in [0.5, 0.6) is 0 Å². The first-order chi connectivity index (χ1) is 9.72. The lowest BCUT2D eigenvalue weighted by atomic mass is 9.95. The molecule has 1 N–H and O–H groups in total. The van der Waals surface area contributed by atoms with E-state index in [0.29, 0.717) is 6.04 Å². The molecule has 0 radical (unpaired) electrons. The zero-order chi connectivity index (χ0) is 14.4. The lowest BCUT2D eigenvalue weighted by Gasteiger charge is -2.20. The van der Waals surface area contributed by atoms with E-state index in [0.717, 1.165) is 12.3 Å². The SMILES string of the molecule is CCCC1CCCC(Nc2ccc(Br)cc2CC)CC1. The molecule has 1 aromatic carbocycles. The summed E-state index contributed by atoms with van der Waals surface area (Å²) in [7, 11) is 0. The third-order valence-corrected chi connectivity index (χ3v) is 5.09. The molecule has 1 aromatic rings. The summed E-state index contributed by atoms with van der Waals surface area (Å²) in [6.45, 7) is 4.55. The largest absolute Gasteiger partial charge is 0.382 e. The Balaban J connectivity index is 1.96. The molecule has 2 atom stereocenters. The standard InChI is InChI=1S/C18H28BrN/c1-3-6-14-7-5-8-17(11-9-14)20-18-12-10-16(19)13-15(18)4-2/h10,12-14,17,20H,3-9,11H2,1-2H3. The van der Waals surface area contributed by atoms with Crippen molar-refractivity contribution in [2.45, 2.75) is 71.3 Å². The number of hydrogen-bond acceptors (Lipinski definition) is 1. The van der Waals surface area contributed by atoms with Crippen LogP contribution in [0.25, 0.3) is 0 Å². The van der Waals surface area contributed by atoms with E-state index in [1.54, 1.807) is 0 Å². The third-order valence-electron chi connectivity index (χ3n) is 4.59. The molecule has 2 heteroatoms. The van der Waals surface area contributed by atoms with E-state index in [2.05, 4.69) is 53.3 Å². The molecule has 2 rings (SSSR count). The average molecular weight is 338 g/mol. The van der Waals surface area contributed by atoms with Crippen LogP contribution in [0.1, 0.15) is 64.4 Å². The maximum absolute atomic E-state index is 3.81. The van der Waals surface area contributed by atoms with E-state index in [1.165, 1.54) is 60.7 Å². The first-order valence-corrected chi connectivity index (χ1v) is 9.07. The summed E-state index contributed by atoms with van der Waals surface area (Å²) in [5.74, 6) is 0.974. The number of rotatable bonds is 5. The lowest BCUT2D eigenvalue weighted by molar-refractivity contribution is 0.422. The van der Waals surface area contributed by atoms with Gasteiger partial charge in [-0.3, -0.25) is 0 Å². The smallest absolute Gasteiger partial charge is 0.0375 e. The topological polar surface area (TPSA) is 12.0 Å². The van der Waals surface area contributed by atoms with Gasteiger partial charge in [-0.25, -0.2) is 0 Å². The fourth-order valence-electron chi connectivity index (χ4n) is 3.44. The van der Waals surface area contributed by atoms with Crippen LogP contribution in [0.2, 0.25) is 0 Å². The van der Waals surface area contributed by atoms with Crippen molar-refractivity contribution in [3.05, 3.63) is 28.2 Å². The molecule has 0 spiro atoms. The Bertz CT molecular complexity index is 416. The van der Waals surface area contributed by atoms with Gasteiger partial charge in [0, 0.05) is 16.2 Å². The zero-order valence-corrected chi connectivity index (χ0v) is 14.5. The normalized spacial score (nSPS) is 23.4. The van der Waals surface area contributed by atoms with Crippen molar-refractivity contribution in [3.63, 3.8) is 0 Å². The maximum Gasteiger partial charge on any atom is 0.0375 e. The molecule has 0 aliphatic heterocycles. The van der Waals surface area contributed by atoms with Crippen LogP contribution in [0, 0.1) is 5.92 Å². The summed E-state index contributed by atoms with van der Waals surface area (Å²) < 4.78 is 1.18. The third kappa shape index (κ3) is 4.51. The van der Waals surface area contributed by atoms with E-state index in [1.807, 2.05) is 0 Å². The summed E-state index contributed by atoms with van der Waals surface area (Å²) in [4.78, 5) is 0. The monoisotopic (exact) mass is 337 g/mol. The number of hydrogen-bond donors (Lipinski definition) is 1. The molecule has 2 unspecified atom stereocenters. The van der Waals surface area contributed by atoms with Crippen molar-refractivity contribution in [2.75, 3.05) is 5.32 Å². The Hall–Kier alpha value is -0.500. The van der Waals surface area contributed by atoms with Crippen molar-refractivity contribution in [1.29, 1.82) is 0 Å². The molecule has 0 saturated heterocycles. The van der Waals surface area contributed by atoms with Gasteiger partial charge < -0.3 is 5.32 Å². The molecule has 1 saturated carbocycles. The highest BCUT2D eigenvalue weighted by atomic mass is 79.9. The van der Waals surface area contributed by atoms with Gasteiger partial charge in [0.05, 0.1) is 0 Å². The van der Waals surface area contributed by atoms with E-state index >= 15 is 0 Å². The summed E-state index contributed by atoms with van der Waals surface area (Å²) in [5.41, 5.74) is 2.77. The maximum atomic E-state index is 3.81. The van der Waals surface area contributed by atoms with Gasteiger partial charge in [-0.1, -0.05) is 55.5 Å². The van der Waals surface area contributed by atoms with Crippen LogP contribution in [0.15, 0.2) is 22.7 Å². The fraction of sp³-hybridized carbons (Fsp3) is 0.667. The Morgan fingerprint density at radius 1 is 1.15 bits per heavy atom. The Morgan fingerprint density at radius 3 is 2.75 bits per heavy atom. The minimum absolute atomic E-state index is 0.670. The number of anilines is 1. The Labute approximate surface area is 132 Å². The van der Waals surface area contributed by atoms with Crippen LogP contribution in [0.4, 0.5) is 5.69 Å². The van der Waals surface area contributed by atoms with E-state index < -0.39 is 0 Å². The molecule has 0 heterocycles. The summed E-state index contributed by atoms with van der Waals surface area (Å²) >= 11 is 3.57. The summed E-state index contributed by atoms with van der Waals surface area (Å²) in [6, 6.07) is 7.30. The quantitative estimate of drug-likeness (QED) is 0.633. The average Bonchev–Trinajstić information content (AvgIpc) is 2.67.